The van der Waals surface area contributed by atoms with Gasteiger partial charge in [-0.2, -0.15) is 0 Å². The van der Waals surface area contributed by atoms with Gasteiger partial charge in [0.15, 0.2) is 0 Å². The fourth-order valence-corrected chi connectivity index (χ4v) is 3.93. The highest BCUT2D eigenvalue weighted by Gasteiger charge is 2.24. The van der Waals surface area contributed by atoms with E-state index >= 15 is 0 Å². The second-order valence-electron chi connectivity index (χ2n) is 9.39. The van der Waals surface area contributed by atoms with E-state index in [4.69, 9.17) is 22.9 Å². The van der Waals surface area contributed by atoms with Crippen molar-refractivity contribution in [3.05, 3.63) is 72.4 Å². The van der Waals surface area contributed by atoms with Crippen LogP contribution in [0.1, 0.15) is 18.4 Å². The van der Waals surface area contributed by atoms with Crippen molar-refractivity contribution in [3.8, 4) is 0 Å². The SMILES string of the molecule is CN(CCN)C(CN)CN.NC(CC=O)C(=O)NC(CCc1ccccc1)C(=O)Nc1cnc2ccccc2c1. The quantitative estimate of drug-likeness (QED) is 0.154. The Balaban J connectivity index is 0.000000478. The Bertz CT molecular complexity index is 1190. The van der Waals surface area contributed by atoms with Crippen molar-refractivity contribution in [1.82, 2.24) is 15.2 Å². The highest BCUT2D eigenvalue weighted by molar-refractivity contribution is 5.99. The number of likely N-dealkylation sites (N-methyl/N-ethyl adjacent to an activating group) is 1. The van der Waals surface area contributed by atoms with Gasteiger partial charge in [-0.05, 0) is 37.6 Å². The molecule has 0 fully saturated rings. The Morgan fingerprint density at radius 3 is 2.33 bits per heavy atom. The first kappa shape index (κ1) is 32.5. The average molecular weight is 551 g/mol. The summed E-state index contributed by atoms with van der Waals surface area (Å²) in [5.74, 6) is -0.901. The highest BCUT2D eigenvalue weighted by atomic mass is 16.2. The highest BCUT2D eigenvalue weighted by Crippen LogP contribution is 2.17. The number of para-hydroxylation sites is 1. The number of carbonyl (C=O) groups excluding carboxylic acids is 3. The van der Waals surface area contributed by atoms with Crippen molar-refractivity contribution in [2.75, 3.05) is 38.5 Å². The van der Waals surface area contributed by atoms with Crippen LogP contribution in [0.15, 0.2) is 66.9 Å². The lowest BCUT2D eigenvalue weighted by atomic mass is 10.0. The van der Waals surface area contributed by atoms with Crippen LogP contribution in [0, 0.1) is 0 Å². The van der Waals surface area contributed by atoms with E-state index in [1.807, 2.05) is 67.7 Å². The van der Waals surface area contributed by atoms with Crippen LogP contribution in [0.2, 0.25) is 0 Å². The van der Waals surface area contributed by atoms with Gasteiger partial charge in [0.05, 0.1) is 23.4 Å². The van der Waals surface area contributed by atoms with Crippen molar-refractivity contribution in [3.63, 3.8) is 0 Å². The molecule has 0 saturated heterocycles. The molecule has 3 rings (SSSR count). The Hall–Kier alpha value is -3.74. The number of benzene rings is 2. The number of fused-ring (bicyclic) bond motifs is 1. The summed E-state index contributed by atoms with van der Waals surface area (Å²) in [6.45, 7) is 2.73. The summed E-state index contributed by atoms with van der Waals surface area (Å²) < 4.78 is 0. The van der Waals surface area contributed by atoms with E-state index in [-0.39, 0.29) is 18.4 Å². The predicted octanol–water partition coefficient (Wildman–Crippen LogP) is 0.370. The Morgan fingerprint density at radius 1 is 1.00 bits per heavy atom. The van der Waals surface area contributed by atoms with Gasteiger partial charge in [-0.3, -0.25) is 19.5 Å². The molecule has 11 nitrogen and oxygen atoms in total. The number of nitrogens with two attached hydrogens (primary N) is 4. The van der Waals surface area contributed by atoms with Crippen molar-refractivity contribution in [2.24, 2.45) is 22.9 Å². The topological polar surface area (TPSA) is 195 Å². The first-order valence-electron chi connectivity index (χ1n) is 13.3. The summed E-state index contributed by atoms with van der Waals surface area (Å²) in [6, 6.07) is 17.6. The van der Waals surface area contributed by atoms with E-state index in [0.717, 1.165) is 23.0 Å². The lowest BCUT2D eigenvalue weighted by Gasteiger charge is -2.24. The summed E-state index contributed by atoms with van der Waals surface area (Å²) in [4.78, 5) is 42.3. The molecule has 0 radical (unpaired) electrons. The maximum atomic E-state index is 12.9. The summed E-state index contributed by atoms with van der Waals surface area (Å²) in [7, 11) is 1.98. The van der Waals surface area contributed by atoms with Crippen molar-refractivity contribution < 1.29 is 14.4 Å². The molecule has 3 aromatic rings. The second-order valence-corrected chi connectivity index (χ2v) is 9.39. The molecule has 2 aromatic carbocycles. The smallest absolute Gasteiger partial charge is 0.247 e. The summed E-state index contributed by atoms with van der Waals surface area (Å²) in [5, 5.41) is 6.39. The van der Waals surface area contributed by atoms with Crippen molar-refractivity contribution in [1.29, 1.82) is 0 Å². The maximum absolute atomic E-state index is 12.9. The molecule has 11 heteroatoms. The van der Waals surface area contributed by atoms with Gasteiger partial charge in [0.25, 0.3) is 0 Å². The van der Waals surface area contributed by atoms with Crippen LogP contribution in [-0.4, -0.2) is 79.3 Å². The fraction of sp³-hybridized carbons (Fsp3) is 0.379. The molecule has 0 aliphatic carbocycles. The normalized spacial score (nSPS) is 12.4. The Morgan fingerprint density at radius 2 is 1.68 bits per heavy atom. The third-order valence-electron chi connectivity index (χ3n) is 6.39. The van der Waals surface area contributed by atoms with Gasteiger partial charge in [-0.25, -0.2) is 0 Å². The second kappa shape index (κ2) is 17.8. The number of rotatable bonds is 14. The van der Waals surface area contributed by atoms with Crippen LogP contribution in [0.3, 0.4) is 0 Å². The fourth-order valence-electron chi connectivity index (χ4n) is 3.93. The molecule has 10 N–H and O–H groups in total. The molecular weight excluding hydrogens is 508 g/mol. The molecule has 1 heterocycles. The Kier molecular flexibility index (Phi) is 14.4. The van der Waals surface area contributed by atoms with Crippen LogP contribution < -0.4 is 33.6 Å². The number of nitrogens with one attached hydrogen (secondary N) is 2. The van der Waals surface area contributed by atoms with Gasteiger partial charge in [0.2, 0.25) is 11.8 Å². The molecule has 0 aliphatic heterocycles. The van der Waals surface area contributed by atoms with E-state index in [1.165, 1.54) is 0 Å². The maximum Gasteiger partial charge on any atom is 0.247 e. The van der Waals surface area contributed by atoms with Gasteiger partial charge in [-0.15, -0.1) is 0 Å². The minimum Gasteiger partial charge on any atom is -0.343 e. The minimum atomic E-state index is -0.989. The molecule has 2 unspecified atom stereocenters. The number of nitrogens with zero attached hydrogens (tertiary/aromatic N) is 2. The van der Waals surface area contributed by atoms with Gasteiger partial charge in [-0.1, -0.05) is 48.5 Å². The zero-order valence-corrected chi connectivity index (χ0v) is 23.0. The number of aldehydes is 1. The lowest BCUT2D eigenvalue weighted by Crippen LogP contribution is -2.50. The number of aryl methyl sites for hydroxylation is 1. The number of hydrogen-bond acceptors (Lipinski definition) is 9. The van der Waals surface area contributed by atoms with E-state index < -0.39 is 18.0 Å². The molecule has 0 spiro atoms. The number of aromatic nitrogens is 1. The number of anilines is 1. The van der Waals surface area contributed by atoms with Crippen LogP contribution in [-0.2, 0) is 20.8 Å². The standard InChI is InChI=1S/C23H24N4O3.C6H18N4/c24-19(12-13-28)22(29)27-21(11-10-16-6-2-1-3-7-16)23(30)26-18-14-17-8-4-5-9-20(17)25-15-18;1-10(3-2-7)6(4-8)5-9/h1-9,13-15,19,21H,10-12,24H2,(H,26,30)(H,27,29);6H,2-5,7-9H2,1H3. The van der Waals surface area contributed by atoms with E-state index in [9.17, 15) is 14.4 Å². The Labute approximate surface area is 235 Å². The molecule has 2 amide bonds. The number of amides is 2. The predicted molar refractivity (Wildman–Crippen MR) is 159 cm³/mol. The zero-order chi connectivity index (χ0) is 29.3. The summed E-state index contributed by atoms with van der Waals surface area (Å²) in [6.07, 6.45) is 3.04. The molecule has 216 valence electrons. The molecule has 0 aliphatic rings. The number of carbonyl (C=O) groups is 3. The summed E-state index contributed by atoms with van der Waals surface area (Å²) in [5.41, 5.74) is 24.4. The zero-order valence-electron chi connectivity index (χ0n) is 23.0. The van der Waals surface area contributed by atoms with Crippen LogP contribution in [0.5, 0.6) is 0 Å². The van der Waals surface area contributed by atoms with Crippen LogP contribution >= 0.6 is 0 Å². The van der Waals surface area contributed by atoms with Crippen LogP contribution in [0.25, 0.3) is 10.9 Å². The average Bonchev–Trinajstić information content (AvgIpc) is 2.97. The third kappa shape index (κ3) is 10.8. The van der Waals surface area contributed by atoms with Gasteiger partial charge < -0.3 is 38.4 Å². The first-order valence-corrected chi connectivity index (χ1v) is 13.3. The van der Waals surface area contributed by atoms with E-state index in [1.54, 1.807) is 6.20 Å². The third-order valence-corrected chi connectivity index (χ3v) is 6.39. The van der Waals surface area contributed by atoms with E-state index in [2.05, 4.69) is 20.5 Å². The summed E-state index contributed by atoms with van der Waals surface area (Å²) >= 11 is 0. The number of hydrogen-bond donors (Lipinski definition) is 6. The van der Waals surface area contributed by atoms with Gasteiger partial charge in [0.1, 0.15) is 12.3 Å². The number of pyridine rings is 1. The molecule has 0 saturated carbocycles. The first-order chi connectivity index (χ1) is 19.3. The van der Waals surface area contributed by atoms with E-state index in [0.29, 0.717) is 44.4 Å². The molecule has 1 aromatic heterocycles. The lowest BCUT2D eigenvalue weighted by molar-refractivity contribution is -0.128. The van der Waals surface area contributed by atoms with Crippen molar-refractivity contribution >= 4 is 34.7 Å². The molecule has 40 heavy (non-hydrogen) atoms. The molecule has 2 atom stereocenters. The minimum absolute atomic E-state index is 0.104. The monoisotopic (exact) mass is 550 g/mol. The largest absolute Gasteiger partial charge is 0.343 e. The van der Waals surface area contributed by atoms with Gasteiger partial charge in [0, 0.05) is 44.0 Å². The molecule has 0 bridgehead atoms. The molecular formula is C29H42N8O3. The van der Waals surface area contributed by atoms with Gasteiger partial charge >= 0.3 is 0 Å². The van der Waals surface area contributed by atoms with Crippen LogP contribution in [0.4, 0.5) is 5.69 Å². The van der Waals surface area contributed by atoms with Crippen molar-refractivity contribution in [2.45, 2.75) is 37.4 Å².